The van der Waals surface area contributed by atoms with E-state index in [0.29, 0.717) is 36.8 Å². The summed E-state index contributed by atoms with van der Waals surface area (Å²) < 4.78 is 24.1. The fraction of sp³-hybridized carbons (Fsp3) is 0.278. The zero-order chi connectivity index (χ0) is 17.6. The summed E-state index contributed by atoms with van der Waals surface area (Å²) >= 11 is 0. The second kappa shape index (κ2) is 7.85. The molecule has 2 amide bonds. The summed E-state index contributed by atoms with van der Waals surface area (Å²) in [5, 5.41) is 15.2. The number of hydrogen-bond donors (Lipinski definition) is 3. The number of halogens is 1. The smallest absolute Gasteiger partial charge is 0.315 e. The van der Waals surface area contributed by atoms with Crippen molar-refractivity contribution < 1.29 is 23.8 Å². The predicted octanol–water partition coefficient (Wildman–Crippen LogP) is 2.13. The van der Waals surface area contributed by atoms with Crippen LogP contribution in [0.15, 0.2) is 42.5 Å². The van der Waals surface area contributed by atoms with Crippen LogP contribution in [0, 0.1) is 5.82 Å². The highest BCUT2D eigenvalue weighted by Crippen LogP contribution is 2.30. The Morgan fingerprint density at radius 1 is 1.12 bits per heavy atom. The van der Waals surface area contributed by atoms with E-state index < -0.39 is 18.0 Å². The lowest BCUT2D eigenvalue weighted by Gasteiger charge is -2.19. The Balaban J connectivity index is 1.46. The summed E-state index contributed by atoms with van der Waals surface area (Å²) in [4.78, 5) is 11.8. The lowest BCUT2D eigenvalue weighted by Crippen LogP contribution is -2.37. The molecular formula is C18H19FN2O4. The molecule has 0 radical (unpaired) electrons. The zero-order valence-corrected chi connectivity index (χ0v) is 13.5. The molecule has 6 nitrogen and oxygen atoms in total. The van der Waals surface area contributed by atoms with Crippen molar-refractivity contribution in [3.63, 3.8) is 0 Å². The normalized spacial score (nSPS) is 13.8. The average Bonchev–Trinajstić information content (AvgIpc) is 2.64. The van der Waals surface area contributed by atoms with E-state index >= 15 is 0 Å². The number of benzene rings is 2. The molecule has 2 aromatic carbocycles. The van der Waals surface area contributed by atoms with Gasteiger partial charge in [-0.05, 0) is 35.4 Å². The molecule has 132 valence electrons. The van der Waals surface area contributed by atoms with Gasteiger partial charge < -0.3 is 25.2 Å². The van der Waals surface area contributed by atoms with E-state index in [1.54, 1.807) is 12.1 Å². The van der Waals surface area contributed by atoms with Crippen LogP contribution in [0.3, 0.4) is 0 Å². The van der Waals surface area contributed by atoms with Gasteiger partial charge in [-0.3, -0.25) is 0 Å². The first-order valence-electron chi connectivity index (χ1n) is 7.95. The first kappa shape index (κ1) is 17.0. The lowest BCUT2D eigenvalue weighted by atomic mass is 10.1. The van der Waals surface area contributed by atoms with Gasteiger partial charge >= 0.3 is 6.03 Å². The fourth-order valence-electron chi connectivity index (χ4n) is 2.46. The van der Waals surface area contributed by atoms with Gasteiger partial charge in [0.15, 0.2) is 11.5 Å². The number of fused-ring (bicyclic) bond motifs is 1. The van der Waals surface area contributed by atoms with Crippen LogP contribution in [-0.4, -0.2) is 30.9 Å². The fourth-order valence-corrected chi connectivity index (χ4v) is 2.46. The summed E-state index contributed by atoms with van der Waals surface area (Å²) in [6, 6.07) is 10.7. The van der Waals surface area contributed by atoms with Crippen LogP contribution >= 0.6 is 0 Å². The number of rotatable bonds is 5. The van der Waals surface area contributed by atoms with E-state index in [4.69, 9.17) is 9.47 Å². The van der Waals surface area contributed by atoms with Gasteiger partial charge in [0.05, 0.1) is 6.10 Å². The van der Waals surface area contributed by atoms with E-state index in [1.807, 2.05) is 12.1 Å². The minimum atomic E-state index is -0.976. The van der Waals surface area contributed by atoms with Crippen LogP contribution in [0.25, 0.3) is 0 Å². The van der Waals surface area contributed by atoms with Crippen molar-refractivity contribution in [1.29, 1.82) is 0 Å². The third kappa shape index (κ3) is 4.60. The second-order valence-electron chi connectivity index (χ2n) is 5.61. The molecule has 1 heterocycles. The molecule has 0 aromatic heterocycles. The standard InChI is InChI=1S/C18H19FN2O4/c19-14-3-1-2-13(9-14)15(22)11-21-18(23)20-10-12-4-5-16-17(8-12)25-7-6-24-16/h1-5,8-9,15,22H,6-7,10-11H2,(H2,20,21,23)/t15-/m1/s1. The summed E-state index contributed by atoms with van der Waals surface area (Å²) in [6.45, 7) is 1.32. The highest BCUT2D eigenvalue weighted by atomic mass is 19.1. The molecule has 0 saturated carbocycles. The molecule has 0 saturated heterocycles. The molecule has 1 aliphatic rings. The van der Waals surface area contributed by atoms with Gasteiger partial charge in [-0.25, -0.2) is 9.18 Å². The second-order valence-corrected chi connectivity index (χ2v) is 5.61. The summed E-state index contributed by atoms with van der Waals surface area (Å²) in [5.74, 6) is 0.921. The molecule has 7 heteroatoms. The van der Waals surface area contributed by atoms with E-state index in [1.165, 1.54) is 18.2 Å². The highest BCUT2D eigenvalue weighted by Gasteiger charge is 2.13. The van der Waals surface area contributed by atoms with Crippen molar-refractivity contribution in [1.82, 2.24) is 10.6 Å². The van der Waals surface area contributed by atoms with Gasteiger partial charge in [-0.2, -0.15) is 0 Å². The molecule has 0 fully saturated rings. The third-order valence-corrected chi connectivity index (χ3v) is 3.75. The summed E-state index contributed by atoms with van der Waals surface area (Å²) in [5.41, 5.74) is 1.28. The highest BCUT2D eigenvalue weighted by molar-refractivity contribution is 5.73. The lowest BCUT2D eigenvalue weighted by molar-refractivity contribution is 0.171. The Hall–Kier alpha value is -2.80. The third-order valence-electron chi connectivity index (χ3n) is 3.75. The number of amides is 2. The molecule has 1 aliphatic heterocycles. The van der Waals surface area contributed by atoms with E-state index in [0.717, 1.165) is 5.56 Å². The average molecular weight is 346 g/mol. The molecule has 1 atom stereocenters. The molecule has 0 spiro atoms. The van der Waals surface area contributed by atoms with Gasteiger partial charge in [0.1, 0.15) is 19.0 Å². The molecule has 3 N–H and O–H groups in total. The Bertz CT molecular complexity index is 754. The van der Waals surface area contributed by atoms with Crippen LogP contribution in [0.4, 0.5) is 9.18 Å². The number of hydrogen-bond acceptors (Lipinski definition) is 4. The van der Waals surface area contributed by atoms with Gasteiger partial charge in [-0.15, -0.1) is 0 Å². The minimum Gasteiger partial charge on any atom is -0.486 e. The molecule has 0 aliphatic carbocycles. The van der Waals surface area contributed by atoms with E-state index in [9.17, 15) is 14.3 Å². The predicted molar refractivity (Wildman–Crippen MR) is 89.0 cm³/mol. The Labute approximate surface area is 144 Å². The number of nitrogens with one attached hydrogen (secondary N) is 2. The molecular weight excluding hydrogens is 327 g/mol. The largest absolute Gasteiger partial charge is 0.486 e. The Morgan fingerprint density at radius 3 is 2.72 bits per heavy atom. The quantitative estimate of drug-likeness (QED) is 0.775. The Morgan fingerprint density at radius 2 is 1.92 bits per heavy atom. The number of carbonyl (C=O) groups excluding carboxylic acids is 1. The molecule has 3 rings (SSSR count). The molecule has 0 bridgehead atoms. The first-order valence-corrected chi connectivity index (χ1v) is 7.95. The molecule has 0 unspecified atom stereocenters. The van der Waals surface area contributed by atoms with Gasteiger partial charge in [0.25, 0.3) is 0 Å². The van der Waals surface area contributed by atoms with Crippen LogP contribution in [-0.2, 0) is 6.54 Å². The van der Waals surface area contributed by atoms with Crippen molar-refractivity contribution >= 4 is 6.03 Å². The maximum Gasteiger partial charge on any atom is 0.315 e. The summed E-state index contributed by atoms with van der Waals surface area (Å²) in [6.07, 6.45) is -0.976. The minimum absolute atomic E-state index is 0.0174. The maximum absolute atomic E-state index is 13.1. The van der Waals surface area contributed by atoms with Crippen LogP contribution < -0.4 is 20.1 Å². The zero-order valence-electron chi connectivity index (χ0n) is 13.5. The maximum atomic E-state index is 13.1. The van der Waals surface area contributed by atoms with Crippen molar-refractivity contribution in [2.75, 3.05) is 19.8 Å². The molecule has 25 heavy (non-hydrogen) atoms. The van der Waals surface area contributed by atoms with Crippen molar-refractivity contribution in [2.24, 2.45) is 0 Å². The van der Waals surface area contributed by atoms with E-state index in [2.05, 4.69) is 10.6 Å². The summed E-state index contributed by atoms with van der Waals surface area (Å²) in [7, 11) is 0. The van der Waals surface area contributed by atoms with Gasteiger partial charge in [0, 0.05) is 13.1 Å². The van der Waals surface area contributed by atoms with Crippen LogP contribution in [0.5, 0.6) is 11.5 Å². The Kier molecular flexibility index (Phi) is 5.35. The number of ether oxygens (including phenoxy) is 2. The number of urea groups is 1. The first-order chi connectivity index (χ1) is 12.1. The number of aliphatic hydroxyl groups excluding tert-OH is 1. The molecule has 2 aromatic rings. The monoisotopic (exact) mass is 346 g/mol. The van der Waals surface area contributed by atoms with Crippen LogP contribution in [0.2, 0.25) is 0 Å². The van der Waals surface area contributed by atoms with Crippen molar-refractivity contribution in [3.8, 4) is 11.5 Å². The van der Waals surface area contributed by atoms with E-state index in [-0.39, 0.29) is 6.54 Å². The van der Waals surface area contributed by atoms with Crippen LogP contribution in [0.1, 0.15) is 17.2 Å². The number of aliphatic hydroxyl groups is 1. The van der Waals surface area contributed by atoms with Crippen molar-refractivity contribution in [3.05, 3.63) is 59.4 Å². The van der Waals surface area contributed by atoms with Gasteiger partial charge in [0.2, 0.25) is 0 Å². The SMILES string of the molecule is O=C(NCc1ccc2c(c1)OCCO2)NC[C@@H](O)c1cccc(F)c1. The van der Waals surface area contributed by atoms with Gasteiger partial charge in [-0.1, -0.05) is 18.2 Å². The topological polar surface area (TPSA) is 79.8 Å². The van der Waals surface area contributed by atoms with Crippen molar-refractivity contribution in [2.45, 2.75) is 12.6 Å². The number of carbonyl (C=O) groups is 1.